The lowest BCUT2D eigenvalue weighted by Crippen LogP contribution is -2.13. The van der Waals surface area contributed by atoms with E-state index in [1.54, 1.807) is 37.4 Å². The quantitative estimate of drug-likeness (QED) is 0.253. The zero-order chi connectivity index (χ0) is 24.6. The van der Waals surface area contributed by atoms with Crippen molar-refractivity contribution in [1.82, 2.24) is 9.36 Å². The number of hydrogen-bond acceptors (Lipinski definition) is 10. The summed E-state index contributed by atoms with van der Waals surface area (Å²) < 4.78 is 43.0. The molecule has 0 aliphatic rings. The van der Waals surface area contributed by atoms with Gasteiger partial charge in [-0.05, 0) is 35.9 Å². The third-order valence-corrected chi connectivity index (χ3v) is 5.77. The minimum atomic E-state index is -3.59. The highest BCUT2D eigenvalue weighted by Gasteiger charge is 2.17. The summed E-state index contributed by atoms with van der Waals surface area (Å²) in [7, 11) is -2.00. The van der Waals surface area contributed by atoms with Gasteiger partial charge in [-0.3, -0.25) is 10.1 Å². The predicted molar refractivity (Wildman–Crippen MR) is 126 cm³/mol. The lowest BCUT2D eigenvalue weighted by molar-refractivity contribution is -0.112. The van der Waals surface area contributed by atoms with Gasteiger partial charge in [0.2, 0.25) is 15.0 Å². The summed E-state index contributed by atoms with van der Waals surface area (Å²) in [6, 6.07) is 15.9. The maximum Gasteiger partial charge on any atom is 0.268 e. The highest BCUT2D eigenvalue weighted by molar-refractivity contribution is 7.90. The molecule has 0 radical (unpaired) electrons. The normalized spacial score (nSPS) is 11.4. The van der Waals surface area contributed by atoms with E-state index in [1.807, 2.05) is 24.3 Å². The van der Waals surface area contributed by atoms with Gasteiger partial charge in [-0.15, -0.1) is 0 Å². The number of nitriles is 1. The summed E-state index contributed by atoms with van der Waals surface area (Å²) in [6.07, 6.45) is 2.35. The Morgan fingerprint density at radius 1 is 1.12 bits per heavy atom. The topological polar surface area (TPSA) is 140 Å². The van der Waals surface area contributed by atoms with Gasteiger partial charge < -0.3 is 14.2 Å². The first-order chi connectivity index (χ1) is 16.3. The lowest BCUT2D eigenvalue weighted by Gasteiger charge is -2.09. The van der Waals surface area contributed by atoms with Crippen LogP contribution >= 0.6 is 11.5 Å². The summed E-state index contributed by atoms with van der Waals surface area (Å²) in [5.74, 6) is 1.24. The number of amides is 1. The average Bonchev–Trinajstić information content (AvgIpc) is 3.30. The molecule has 1 amide bonds. The van der Waals surface area contributed by atoms with Crippen LogP contribution in [0.5, 0.6) is 17.2 Å². The second kappa shape index (κ2) is 11.3. The largest absolute Gasteiger partial charge is 0.497 e. The van der Waals surface area contributed by atoms with Crippen molar-refractivity contribution in [2.24, 2.45) is 0 Å². The number of rotatable bonds is 10. The Bertz CT molecular complexity index is 1330. The van der Waals surface area contributed by atoms with Crippen molar-refractivity contribution < 1.29 is 27.4 Å². The average molecular weight is 501 g/mol. The van der Waals surface area contributed by atoms with E-state index >= 15 is 0 Å². The molecular formula is C22H20N4O6S2. The number of nitrogens with one attached hydrogen (secondary N) is 1. The molecule has 176 valence electrons. The highest BCUT2D eigenvalue weighted by atomic mass is 32.2. The molecule has 0 aliphatic heterocycles. The standard InChI is InChI=1S/C22H20N4O6S2/c1-30-18-4-3-5-19(13-18)32-11-10-31-17-8-6-15(7-9-17)12-16(14-23)20(27)24-21-25-22(26-33-21)34(2,28)29/h3-9,12-13H,10-11H2,1-2H3,(H,24,25,26,27)/b16-12-. The van der Waals surface area contributed by atoms with Crippen molar-refractivity contribution in [3.8, 4) is 23.3 Å². The van der Waals surface area contributed by atoms with Crippen molar-refractivity contribution in [3.63, 3.8) is 0 Å². The first kappa shape index (κ1) is 24.7. The molecule has 3 aromatic rings. The molecule has 1 heterocycles. The molecule has 1 aromatic heterocycles. The molecule has 1 N–H and O–H groups in total. The molecular weight excluding hydrogens is 480 g/mol. The van der Waals surface area contributed by atoms with Crippen molar-refractivity contribution in [3.05, 3.63) is 59.7 Å². The van der Waals surface area contributed by atoms with E-state index in [-0.39, 0.29) is 15.9 Å². The van der Waals surface area contributed by atoms with E-state index in [0.29, 0.717) is 47.6 Å². The van der Waals surface area contributed by atoms with Crippen LogP contribution in [0.4, 0.5) is 5.13 Å². The lowest BCUT2D eigenvalue weighted by atomic mass is 10.1. The van der Waals surface area contributed by atoms with E-state index in [2.05, 4.69) is 14.7 Å². The van der Waals surface area contributed by atoms with E-state index in [0.717, 1.165) is 6.26 Å². The van der Waals surface area contributed by atoms with Crippen molar-refractivity contribution in [1.29, 1.82) is 5.26 Å². The minimum Gasteiger partial charge on any atom is -0.497 e. The Hall–Kier alpha value is -3.95. The monoisotopic (exact) mass is 500 g/mol. The first-order valence-electron chi connectivity index (χ1n) is 9.75. The second-order valence-electron chi connectivity index (χ2n) is 6.72. The number of methoxy groups -OCH3 is 1. The van der Waals surface area contributed by atoms with Crippen molar-refractivity contribution >= 4 is 38.5 Å². The summed E-state index contributed by atoms with van der Waals surface area (Å²) in [6.45, 7) is 0.649. The Labute approximate surface area is 200 Å². The van der Waals surface area contributed by atoms with Gasteiger partial charge in [-0.2, -0.15) is 14.6 Å². The van der Waals surface area contributed by atoms with Crippen LogP contribution in [-0.2, 0) is 14.6 Å². The van der Waals surface area contributed by atoms with E-state index in [4.69, 9.17) is 14.2 Å². The molecule has 0 unspecified atom stereocenters. The smallest absolute Gasteiger partial charge is 0.268 e. The van der Waals surface area contributed by atoms with Crippen LogP contribution < -0.4 is 19.5 Å². The molecule has 10 nitrogen and oxygen atoms in total. The molecule has 0 atom stereocenters. The Kier molecular flexibility index (Phi) is 8.18. The van der Waals surface area contributed by atoms with Gasteiger partial charge in [0.1, 0.15) is 42.1 Å². The fraction of sp³-hybridized carbons (Fsp3) is 0.182. The number of ether oxygens (including phenoxy) is 3. The molecule has 0 aliphatic carbocycles. The van der Waals surface area contributed by atoms with Crippen LogP contribution in [0, 0.1) is 11.3 Å². The van der Waals surface area contributed by atoms with Gasteiger partial charge in [0.15, 0.2) is 0 Å². The summed E-state index contributed by atoms with van der Waals surface area (Å²) in [5.41, 5.74) is 0.414. The molecule has 0 fully saturated rings. The van der Waals surface area contributed by atoms with Gasteiger partial charge in [0.05, 0.1) is 7.11 Å². The number of anilines is 1. The van der Waals surface area contributed by atoms with Crippen LogP contribution in [0.15, 0.2) is 59.3 Å². The molecule has 0 bridgehead atoms. The van der Waals surface area contributed by atoms with E-state index in [9.17, 15) is 18.5 Å². The van der Waals surface area contributed by atoms with E-state index in [1.165, 1.54) is 6.08 Å². The molecule has 12 heteroatoms. The highest BCUT2D eigenvalue weighted by Crippen LogP contribution is 2.20. The van der Waals surface area contributed by atoms with Crippen LogP contribution in [0.25, 0.3) is 6.08 Å². The van der Waals surface area contributed by atoms with Crippen LogP contribution in [0.1, 0.15) is 5.56 Å². The summed E-state index contributed by atoms with van der Waals surface area (Å²) in [5, 5.41) is 11.3. The number of carbonyl (C=O) groups is 1. The van der Waals surface area contributed by atoms with Crippen LogP contribution in [0.2, 0.25) is 0 Å². The molecule has 2 aromatic carbocycles. The Balaban J connectivity index is 1.54. The molecule has 34 heavy (non-hydrogen) atoms. The molecule has 3 rings (SSSR count). The number of nitrogens with zero attached hydrogens (tertiary/aromatic N) is 3. The van der Waals surface area contributed by atoms with E-state index < -0.39 is 15.7 Å². The zero-order valence-electron chi connectivity index (χ0n) is 18.2. The Morgan fingerprint density at radius 3 is 2.41 bits per heavy atom. The fourth-order valence-electron chi connectivity index (χ4n) is 2.56. The van der Waals surface area contributed by atoms with Gasteiger partial charge >= 0.3 is 0 Å². The Morgan fingerprint density at radius 2 is 1.79 bits per heavy atom. The summed E-state index contributed by atoms with van der Waals surface area (Å²) >= 11 is 0.709. The van der Waals surface area contributed by atoms with Crippen molar-refractivity contribution in [2.45, 2.75) is 5.16 Å². The maximum absolute atomic E-state index is 12.3. The van der Waals surface area contributed by atoms with Crippen molar-refractivity contribution in [2.75, 3.05) is 31.9 Å². The minimum absolute atomic E-state index is 0.0218. The molecule has 0 spiro atoms. The first-order valence-corrected chi connectivity index (χ1v) is 12.4. The maximum atomic E-state index is 12.3. The number of hydrogen-bond donors (Lipinski definition) is 1. The number of sulfone groups is 1. The van der Waals surface area contributed by atoms with Gasteiger partial charge in [-0.25, -0.2) is 8.42 Å². The number of benzene rings is 2. The number of carbonyl (C=O) groups excluding carboxylic acids is 1. The van der Waals surface area contributed by atoms with Crippen LogP contribution in [0.3, 0.4) is 0 Å². The van der Waals surface area contributed by atoms with Gasteiger partial charge in [0.25, 0.3) is 11.1 Å². The van der Waals surface area contributed by atoms with Crippen LogP contribution in [-0.4, -0.2) is 50.3 Å². The SMILES string of the molecule is COc1cccc(OCCOc2ccc(/C=C(/C#N)C(=O)Nc3nc(S(C)(=O)=O)ns3)cc2)c1. The fourth-order valence-corrected chi connectivity index (χ4v) is 4.00. The predicted octanol–water partition coefficient (Wildman–Crippen LogP) is 2.95. The second-order valence-corrected chi connectivity index (χ2v) is 9.38. The van der Waals surface area contributed by atoms with Gasteiger partial charge in [-0.1, -0.05) is 18.2 Å². The third-order valence-electron chi connectivity index (χ3n) is 4.18. The molecule has 0 saturated heterocycles. The molecule has 0 saturated carbocycles. The summed E-state index contributed by atoms with van der Waals surface area (Å²) in [4.78, 5) is 16.1. The number of aromatic nitrogens is 2. The third kappa shape index (κ3) is 7.03. The van der Waals surface area contributed by atoms with Gasteiger partial charge in [0, 0.05) is 23.9 Å². The zero-order valence-corrected chi connectivity index (χ0v) is 19.9.